The van der Waals surface area contributed by atoms with Gasteiger partial charge in [-0.25, -0.2) is 4.79 Å². The molecule has 1 rings (SSSR count). The number of nitrogens with zero attached hydrogens (tertiary/aromatic N) is 1. The molecule has 0 aliphatic rings. The monoisotopic (exact) mass is 313 g/mol. The first-order chi connectivity index (χ1) is 10.9. The molecule has 0 spiro atoms. The van der Waals surface area contributed by atoms with Gasteiger partial charge in [-0.3, -0.25) is 4.79 Å². The lowest BCUT2D eigenvalue weighted by molar-refractivity contribution is -0.139. The zero-order chi connectivity index (χ0) is 17.4. The molecule has 0 bridgehead atoms. The molecule has 0 aromatic heterocycles. The summed E-state index contributed by atoms with van der Waals surface area (Å²) in [5, 5.41) is 8.70. The average molecular weight is 313 g/mol. The number of amides is 1. The Labute approximate surface area is 136 Å². The summed E-state index contributed by atoms with van der Waals surface area (Å²) >= 11 is 0. The molecule has 0 unspecified atom stereocenters. The highest BCUT2D eigenvalue weighted by Crippen LogP contribution is 2.25. The van der Waals surface area contributed by atoms with E-state index in [1.165, 1.54) is 4.90 Å². The molecule has 23 heavy (non-hydrogen) atoms. The summed E-state index contributed by atoms with van der Waals surface area (Å²) < 4.78 is 5.26. The van der Waals surface area contributed by atoms with E-state index in [1.807, 2.05) is 0 Å². The van der Waals surface area contributed by atoms with Crippen LogP contribution in [0, 0.1) is 38.0 Å². The fourth-order valence-electron chi connectivity index (χ4n) is 2.10. The number of carbonyl (C=O) groups excluding carboxylic acids is 1. The van der Waals surface area contributed by atoms with Gasteiger partial charge < -0.3 is 14.7 Å². The Balaban J connectivity index is 3.07. The van der Waals surface area contributed by atoms with Crippen molar-refractivity contribution >= 4 is 11.9 Å². The zero-order valence-corrected chi connectivity index (χ0v) is 13.5. The Morgan fingerprint density at radius 1 is 1.26 bits per heavy atom. The number of carbonyl (C=O) groups is 2. The number of carboxylic acid groups (broad SMARTS) is 1. The Morgan fingerprint density at radius 3 is 2.35 bits per heavy atom. The molecule has 5 heteroatoms. The highest BCUT2D eigenvalue weighted by molar-refractivity contribution is 5.95. The first-order valence-corrected chi connectivity index (χ1v) is 6.98. The van der Waals surface area contributed by atoms with Gasteiger partial charge in [0.25, 0.3) is 5.91 Å². The average Bonchev–Trinajstić information content (AvgIpc) is 2.49. The van der Waals surface area contributed by atoms with E-state index in [9.17, 15) is 9.59 Å². The summed E-state index contributed by atoms with van der Waals surface area (Å²) in [6.07, 6.45) is 5.30. The molecule has 0 saturated carbocycles. The molecule has 0 heterocycles. The van der Waals surface area contributed by atoms with Crippen molar-refractivity contribution in [2.75, 3.05) is 19.7 Å². The van der Waals surface area contributed by atoms with Gasteiger partial charge in [0.1, 0.15) is 5.75 Å². The van der Waals surface area contributed by atoms with Crippen molar-refractivity contribution in [1.82, 2.24) is 4.90 Å². The molecule has 1 N–H and O–H groups in total. The van der Waals surface area contributed by atoms with Crippen LogP contribution < -0.4 is 4.74 Å². The molecule has 1 aromatic carbocycles. The first kappa shape index (κ1) is 18.1. The second kappa shape index (κ2) is 8.51. The lowest BCUT2D eigenvalue weighted by Crippen LogP contribution is -2.32. The quantitative estimate of drug-likeness (QED) is 0.814. The molecule has 5 nitrogen and oxygen atoms in total. The van der Waals surface area contributed by atoms with E-state index in [0.29, 0.717) is 22.4 Å². The van der Waals surface area contributed by atoms with Crippen LogP contribution in [-0.4, -0.2) is 41.6 Å². The number of benzene rings is 1. The van der Waals surface area contributed by atoms with E-state index in [2.05, 4.69) is 17.8 Å². The van der Waals surface area contributed by atoms with Crippen LogP contribution in [0.25, 0.3) is 0 Å². The predicted molar refractivity (Wildman–Crippen MR) is 87.2 cm³/mol. The van der Waals surface area contributed by atoms with Crippen molar-refractivity contribution in [1.29, 1.82) is 0 Å². The van der Waals surface area contributed by atoms with Gasteiger partial charge in [-0.1, -0.05) is 11.8 Å². The van der Waals surface area contributed by atoms with Crippen molar-refractivity contribution in [3.63, 3.8) is 0 Å². The van der Waals surface area contributed by atoms with Gasteiger partial charge in [-0.15, -0.1) is 12.3 Å². The van der Waals surface area contributed by atoms with Crippen molar-refractivity contribution < 1.29 is 19.4 Å². The number of terminal acetylenes is 1. The molecule has 0 aliphatic heterocycles. The van der Waals surface area contributed by atoms with Crippen LogP contribution in [0.5, 0.6) is 5.75 Å². The highest BCUT2D eigenvalue weighted by Gasteiger charge is 2.17. The Hall–Kier alpha value is -2.92. The van der Waals surface area contributed by atoms with Crippen LogP contribution in [0.15, 0.2) is 12.1 Å². The topological polar surface area (TPSA) is 66.8 Å². The number of aryl methyl sites for hydroxylation is 2. The summed E-state index contributed by atoms with van der Waals surface area (Å²) in [4.78, 5) is 24.6. The summed E-state index contributed by atoms with van der Waals surface area (Å²) in [6, 6.07) is 3.32. The molecule has 0 radical (unpaired) electrons. The van der Waals surface area contributed by atoms with Crippen molar-refractivity contribution in [2.45, 2.75) is 20.8 Å². The van der Waals surface area contributed by atoms with E-state index < -0.39 is 12.6 Å². The first-order valence-electron chi connectivity index (χ1n) is 6.98. The minimum atomic E-state index is -1.05. The fourth-order valence-corrected chi connectivity index (χ4v) is 2.10. The van der Waals surface area contributed by atoms with Crippen molar-refractivity contribution in [3.8, 4) is 29.9 Å². The van der Waals surface area contributed by atoms with Gasteiger partial charge in [-0.05, 0) is 44.0 Å². The van der Waals surface area contributed by atoms with Crippen LogP contribution in [0.3, 0.4) is 0 Å². The summed E-state index contributed by atoms with van der Waals surface area (Å²) in [5.74, 6) is 7.21. The van der Waals surface area contributed by atoms with Crippen LogP contribution in [0.4, 0.5) is 0 Å². The van der Waals surface area contributed by atoms with Gasteiger partial charge in [0.05, 0.1) is 13.1 Å². The van der Waals surface area contributed by atoms with E-state index in [1.54, 1.807) is 32.9 Å². The predicted octanol–water partition coefficient (Wildman–Crippen LogP) is 1.87. The van der Waals surface area contributed by atoms with E-state index >= 15 is 0 Å². The number of ether oxygens (including phenoxy) is 1. The van der Waals surface area contributed by atoms with E-state index in [0.717, 1.165) is 0 Å². The lowest BCUT2D eigenvalue weighted by Gasteiger charge is -2.19. The summed E-state index contributed by atoms with van der Waals surface area (Å²) in [6.45, 7) is 5.22. The number of rotatable bonds is 6. The lowest BCUT2D eigenvalue weighted by atomic mass is 10.0. The van der Waals surface area contributed by atoms with E-state index in [4.69, 9.17) is 16.3 Å². The molecule has 0 fully saturated rings. The van der Waals surface area contributed by atoms with Crippen molar-refractivity contribution in [2.24, 2.45) is 0 Å². The summed E-state index contributed by atoms with van der Waals surface area (Å²) in [5.41, 5.74) is 1.85. The molecular weight excluding hydrogens is 294 g/mol. The third-order valence-corrected chi connectivity index (χ3v) is 3.06. The summed E-state index contributed by atoms with van der Waals surface area (Å²) in [7, 11) is 0. The van der Waals surface area contributed by atoms with Gasteiger partial charge in [-0.2, -0.15) is 0 Å². The minimum Gasteiger partial charge on any atom is -0.481 e. The van der Waals surface area contributed by atoms with Gasteiger partial charge in [0, 0.05) is 5.56 Å². The third kappa shape index (κ3) is 5.09. The number of hydrogen-bond donors (Lipinski definition) is 1. The molecule has 0 aliphatic carbocycles. The van der Waals surface area contributed by atoms with Crippen LogP contribution in [-0.2, 0) is 4.79 Å². The molecule has 120 valence electrons. The number of hydrogen-bond acceptors (Lipinski definition) is 3. The maximum atomic E-state index is 12.6. The van der Waals surface area contributed by atoms with Gasteiger partial charge >= 0.3 is 5.97 Å². The smallest absolute Gasteiger partial charge is 0.341 e. The van der Waals surface area contributed by atoms with Gasteiger partial charge in [0.15, 0.2) is 6.61 Å². The fraction of sp³-hybridized carbons (Fsp3) is 0.333. The van der Waals surface area contributed by atoms with E-state index in [-0.39, 0.29) is 19.0 Å². The Bertz CT molecular complexity index is 681. The van der Waals surface area contributed by atoms with Crippen LogP contribution in [0.2, 0.25) is 0 Å². The standard InChI is InChI=1S/C18H19NO4/c1-5-7-9-19(8-6-2)18(22)15-10-13(3)17(14(4)11-15)23-12-16(20)21/h2,10-11H,8-9,12H2,1,3-4H3,(H,20,21). The maximum absolute atomic E-state index is 12.6. The van der Waals surface area contributed by atoms with Crippen LogP contribution >= 0.6 is 0 Å². The molecule has 1 aromatic rings. The highest BCUT2D eigenvalue weighted by atomic mass is 16.5. The molecular formula is C18H19NO4. The van der Waals surface area contributed by atoms with Gasteiger partial charge in [0.2, 0.25) is 0 Å². The number of carboxylic acids is 1. The Morgan fingerprint density at radius 2 is 1.87 bits per heavy atom. The zero-order valence-electron chi connectivity index (χ0n) is 13.5. The van der Waals surface area contributed by atoms with Crippen LogP contribution in [0.1, 0.15) is 28.4 Å². The molecule has 0 atom stereocenters. The Kier molecular flexibility index (Phi) is 6.70. The normalized spacial score (nSPS) is 9.30. The largest absolute Gasteiger partial charge is 0.481 e. The van der Waals surface area contributed by atoms with Crippen molar-refractivity contribution in [3.05, 3.63) is 28.8 Å². The maximum Gasteiger partial charge on any atom is 0.341 e. The molecule has 1 amide bonds. The third-order valence-electron chi connectivity index (χ3n) is 3.06. The second-order valence-electron chi connectivity index (χ2n) is 4.91. The second-order valence-corrected chi connectivity index (χ2v) is 4.91. The SMILES string of the molecule is C#CCN(CC#CC)C(=O)c1cc(C)c(OCC(=O)O)c(C)c1. The number of aliphatic carboxylic acids is 1. The molecule has 0 saturated heterocycles. The minimum absolute atomic E-state index is 0.170.